The van der Waals surface area contributed by atoms with Crippen molar-refractivity contribution < 1.29 is 18.6 Å². The average molecular weight is 415 g/mol. The fraction of sp³-hybridized carbons (Fsp3) is 0.333. The van der Waals surface area contributed by atoms with Crippen LogP contribution in [0.15, 0.2) is 59.0 Å². The number of benzene rings is 3. The van der Waals surface area contributed by atoms with E-state index in [2.05, 4.69) is 42.5 Å². The van der Waals surface area contributed by atoms with Crippen LogP contribution in [-0.2, 0) is 4.74 Å². The van der Waals surface area contributed by atoms with Gasteiger partial charge < -0.3 is 18.6 Å². The lowest BCUT2D eigenvalue weighted by Gasteiger charge is -2.41. The highest BCUT2D eigenvalue weighted by Gasteiger charge is 2.39. The molecule has 1 aliphatic carbocycles. The highest BCUT2D eigenvalue weighted by atomic mass is 16.5. The molecule has 158 valence electrons. The van der Waals surface area contributed by atoms with E-state index in [4.69, 9.17) is 18.6 Å². The maximum absolute atomic E-state index is 6.79. The molecule has 2 heterocycles. The summed E-state index contributed by atoms with van der Waals surface area (Å²) in [5.41, 5.74) is 5.50. The number of fused-ring (bicyclic) bond motifs is 6. The van der Waals surface area contributed by atoms with Crippen molar-refractivity contribution in [1.29, 1.82) is 0 Å². The van der Waals surface area contributed by atoms with E-state index in [1.807, 2.05) is 12.1 Å². The van der Waals surface area contributed by atoms with Crippen LogP contribution in [0.4, 0.5) is 0 Å². The number of furan rings is 1. The summed E-state index contributed by atoms with van der Waals surface area (Å²) in [7, 11) is 3.40. The molecule has 4 nitrogen and oxygen atoms in total. The van der Waals surface area contributed by atoms with Gasteiger partial charge in [0, 0.05) is 16.7 Å². The molecule has 2 aliphatic rings. The number of hydrogen-bond acceptors (Lipinski definition) is 4. The van der Waals surface area contributed by atoms with Crippen LogP contribution in [0.25, 0.3) is 21.9 Å². The fourth-order valence-electron chi connectivity index (χ4n) is 5.49. The molecule has 1 fully saturated rings. The third kappa shape index (κ3) is 2.93. The van der Waals surface area contributed by atoms with E-state index in [0.717, 1.165) is 51.8 Å². The number of ether oxygens (including phenoxy) is 3. The molecule has 0 bridgehead atoms. The summed E-state index contributed by atoms with van der Waals surface area (Å²) in [4.78, 5) is 0. The zero-order valence-electron chi connectivity index (χ0n) is 17.9. The minimum Gasteiger partial charge on any atom is -0.493 e. The lowest BCUT2D eigenvalue weighted by Crippen LogP contribution is -2.33. The van der Waals surface area contributed by atoms with Crippen molar-refractivity contribution in [2.24, 2.45) is 0 Å². The highest BCUT2D eigenvalue weighted by Crippen LogP contribution is 2.50. The molecule has 0 unspecified atom stereocenters. The van der Waals surface area contributed by atoms with Crippen molar-refractivity contribution in [3.63, 3.8) is 0 Å². The molecule has 31 heavy (non-hydrogen) atoms. The smallest absolute Gasteiger partial charge is 0.161 e. The van der Waals surface area contributed by atoms with Gasteiger partial charge in [0.1, 0.15) is 17.3 Å². The Labute approximate surface area is 181 Å². The second kappa shape index (κ2) is 7.31. The summed E-state index contributed by atoms with van der Waals surface area (Å²) in [5, 5.41) is 2.27. The maximum Gasteiger partial charge on any atom is 0.161 e. The number of methoxy groups -OCH3 is 2. The van der Waals surface area contributed by atoms with Gasteiger partial charge in [-0.05, 0) is 59.9 Å². The number of hydrogen-bond donors (Lipinski definition) is 0. The number of para-hydroxylation sites is 1. The first-order chi connectivity index (χ1) is 15.3. The van der Waals surface area contributed by atoms with Gasteiger partial charge in [-0.15, -0.1) is 0 Å². The van der Waals surface area contributed by atoms with Gasteiger partial charge in [-0.25, -0.2) is 0 Å². The third-order valence-corrected chi connectivity index (χ3v) is 6.99. The van der Waals surface area contributed by atoms with Crippen molar-refractivity contribution in [2.45, 2.75) is 43.8 Å². The standard InChI is InChI=1S/C27H26O4/c1-28-25-14-19-17-7-3-6-10-23(17)31-27(21(19)15-26(25)29-2)16-11-12-24-20(13-16)18-8-4-5-9-22(18)30-24/h4-5,8-9,11-15,17,23,27H,3,6-7,10H2,1-2H3/t17-,23+,27-/m0/s1. The van der Waals surface area contributed by atoms with E-state index in [1.54, 1.807) is 14.2 Å². The first-order valence-electron chi connectivity index (χ1n) is 11.1. The van der Waals surface area contributed by atoms with Gasteiger partial charge >= 0.3 is 0 Å². The minimum absolute atomic E-state index is 0.132. The molecular formula is C27H26O4. The van der Waals surface area contributed by atoms with Gasteiger partial charge in [0.25, 0.3) is 0 Å². The van der Waals surface area contributed by atoms with E-state index in [1.165, 1.54) is 24.0 Å². The summed E-state index contributed by atoms with van der Waals surface area (Å²) in [6.07, 6.45) is 4.84. The zero-order chi connectivity index (χ0) is 20.9. The Kier molecular flexibility index (Phi) is 4.43. The molecule has 0 spiro atoms. The predicted octanol–water partition coefficient (Wildman–Crippen LogP) is 6.75. The Balaban J connectivity index is 1.54. The SMILES string of the molecule is COc1cc2c(cc1OC)[C@@H]1CCCC[C@H]1O[C@H]2c1ccc2oc3ccccc3c2c1. The van der Waals surface area contributed by atoms with Crippen molar-refractivity contribution in [3.05, 3.63) is 71.3 Å². The monoisotopic (exact) mass is 414 g/mol. The Hall–Kier alpha value is -2.98. The van der Waals surface area contributed by atoms with E-state index in [9.17, 15) is 0 Å². The first kappa shape index (κ1) is 18.8. The Morgan fingerprint density at radius 2 is 1.52 bits per heavy atom. The van der Waals surface area contributed by atoms with Gasteiger partial charge in [-0.3, -0.25) is 0 Å². The largest absolute Gasteiger partial charge is 0.493 e. The van der Waals surface area contributed by atoms with Gasteiger partial charge in [0.05, 0.1) is 20.3 Å². The predicted molar refractivity (Wildman–Crippen MR) is 121 cm³/mol. The Morgan fingerprint density at radius 3 is 2.35 bits per heavy atom. The van der Waals surface area contributed by atoms with Crippen molar-refractivity contribution in [2.75, 3.05) is 14.2 Å². The molecule has 1 aliphatic heterocycles. The second-order valence-electron chi connectivity index (χ2n) is 8.64. The minimum atomic E-state index is -0.132. The van der Waals surface area contributed by atoms with Crippen LogP contribution in [0.1, 0.15) is 54.4 Å². The molecule has 0 N–H and O–H groups in total. The molecule has 0 saturated heterocycles. The van der Waals surface area contributed by atoms with E-state index < -0.39 is 0 Å². The fourth-order valence-corrected chi connectivity index (χ4v) is 5.49. The summed E-state index contributed by atoms with van der Waals surface area (Å²) in [5.74, 6) is 1.96. The van der Waals surface area contributed by atoms with Crippen LogP contribution in [0.5, 0.6) is 11.5 Å². The van der Waals surface area contributed by atoms with E-state index >= 15 is 0 Å². The molecule has 6 rings (SSSR count). The van der Waals surface area contributed by atoms with Gasteiger partial charge in [0.15, 0.2) is 11.5 Å². The lowest BCUT2D eigenvalue weighted by molar-refractivity contribution is -0.0390. The quantitative estimate of drug-likeness (QED) is 0.372. The van der Waals surface area contributed by atoms with Gasteiger partial charge in [-0.1, -0.05) is 37.1 Å². The van der Waals surface area contributed by atoms with Gasteiger partial charge in [0.2, 0.25) is 0 Å². The van der Waals surface area contributed by atoms with E-state index in [0.29, 0.717) is 5.92 Å². The van der Waals surface area contributed by atoms with Crippen LogP contribution in [0.2, 0.25) is 0 Å². The van der Waals surface area contributed by atoms with Crippen LogP contribution in [0, 0.1) is 0 Å². The number of rotatable bonds is 3. The summed E-state index contributed by atoms with van der Waals surface area (Å²) in [6, 6.07) is 18.9. The van der Waals surface area contributed by atoms with Crippen LogP contribution in [0.3, 0.4) is 0 Å². The van der Waals surface area contributed by atoms with Crippen molar-refractivity contribution in [3.8, 4) is 11.5 Å². The molecule has 3 atom stereocenters. The summed E-state index contributed by atoms with van der Waals surface area (Å²) < 4.78 is 24.1. The normalized spacial score (nSPS) is 22.8. The topological polar surface area (TPSA) is 40.8 Å². The molecule has 3 aromatic carbocycles. The third-order valence-electron chi connectivity index (χ3n) is 6.99. The maximum atomic E-state index is 6.79. The summed E-state index contributed by atoms with van der Waals surface area (Å²) >= 11 is 0. The molecule has 0 radical (unpaired) electrons. The first-order valence-corrected chi connectivity index (χ1v) is 11.1. The average Bonchev–Trinajstić information content (AvgIpc) is 3.20. The van der Waals surface area contributed by atoms with Crippen molar-refractivity contribution in [1.82, 2.24) is 0 Å². The van der Waals surface area contributed by atoms with Crippen LogP contribution >= 0.6 is 0 Å². The second-order valence-corrected chi connectivity index (χ2v) is 8.64. The lowest BCUT2D eigenvalue weighted by atomic mass is 9.75. The van der Waals surface area contributed by atoms with Crippen molar-refractivity contribution >= 4 is 21.9 Å². The zero-order valence-corrected chi connectivity index (χ0v) is 17.9. The highest BCUT2D eigenvalue weighted by molar-refractivity contribution is 6.05. The Morgan fingerprint density at radius 1 is 0.774 bits per heavy atom. The molecule has 4 aromatic rings. The van der Waals surface area contributed by atoms with E-state index in [-0.39, 0.29) is 12.2 Å². The molecular weight excluding hydrogens is 388 g/mol. The van der Waals surface area contributed by atoms with Gasteiger partial charge in [-0.2, -0.15) is 0 Å². The molecule has 1 saturated carbocycles. The molecule has 1 aromatic heterocycles. The Bertz CT molecular complexity index is 1270. The van der Waals surface area contributed by atoms with Crippen LogP contribution < -0.4 is 9.47 Å². The molecule has 4 heteroatoms. The molecule has 0 amide bonds. The van der Waals surface area contributed by atoms with Crippen LogP contribution in [-0.4, -0.2) is 20.3 Å². The summed E-state index contributed by atoms with van der Waals surface area (Å²) in [6.45, 7) is 0.